The lowest BCUT2D eigenvalue weighted by Gasteiger charge is -2.07. The van der Waals surface area contributed by atoms with Gasteiger partial charge in [0, 0.05) is 11.8 Å². The largest absolute Gasteiger partial charge is 0.386 e. The van der Waals surface area contributed by atoms with Crippen molar-refractivity contribution < 1.29 is 10.0 Å². The second-order valence-electron chi connectivity index (χ2n) is 2.00. The molecule has 1 N–H and O–H groups in total. The highest BCUT2D eigenvalue weighted by Gasteiger charge is 2.21. The Hall–Kier alpha value is -0.640. The van der Waals surface area contributed by atoms with E-state index in [0.717, 1.165) is 0 Å². The summed E-state index contributed by atoms with van der Waals surface area (Å²) in [4.78, 5) is 9.47. The molecule has 4 nitrogen and oxygen atoms in total. The molecule has 0 saturated carbocycles. The van der Waals surface area contributed by atoms with E-state index in [0.29, 0.717) is 6.42 Å². The molecule has 0 aliphatic carbocycles. The highest BCUT2D eigenvalue weighted by Crippen LogP contribution is 1.99. The van der Waals surface area contributed by atoms with Crippen LogP contribution in [-0.2, 0) is 0 Å². The van der Waals surface area contributed by atoms with E-state index >= 15 is 0 Å². The van der Waals surface area contributed by atoms with Crippen molar-refractivity contribution in [2.75, 3.05) is 0 Å². The molecule has 0 aromatic heterocycles. The van der Waals surface area contributed by atoms with Crippen LogP contribution in [0.5, 0.6) is 0 Å². The fourth-order valence-electron chi connectivity index (χ4n) is 0.482. The van der Waals surface area contributed by atoms with E-state index < -0.39 is 17.1 Å². The summed E-state index contributed by atoms with van der Waals surface area (Å²) in [5.74, 6) is 0. The predicted molar refractivity (Wildman–Crippen MR) is 32.8 cm³/mol. The van der Waals surface area contributed by atoms with Gasteiger partial charge in [-0.15, -0.1) is 0 Å². The first-order valence-electron chi connectivity index (χ1n) is 2.91. The standard InChI is InChI=1S/C5H11NO3/c1-3-5(7)4(2)6(8)9/h4-5,7H,3H2,1-2H3/t4-,5+/m0/s1. The number of aliphatic hydroxyl groups excluding tert-OH is 1. The first kappa shape index (κ1) is 8.36. The van der Waals surface area contributed by atoms with Crippen molar-refractivity contribution in [3.05, 3.63) is 10.1 Å². The SMILES string of the molecule is CC[C@@H](O)[C@H](C)[N+](=O)[O-]. The second-order valence-corrected chi connectivity index (χ2v) is 2.00. The smallest absolute Gasteiger partial charge is 0.235 e. The van der Waals surface area contributed by atoms with Crippen molar-refractivity contribution in [2.45, 2.75) is 32.4 Å². The molecule has 0 bridgehead atoms. The van der Waals surface area contributed by atoms with E-state index in [2.05, 4.69) is 0 Å². The van der Waals surface area contributed by atoms with Crippen LogP contribution in [0, 0.1) is 10.1 Å². The van der Waals surface area contributed by atoms with E-state index in [1.807, 2.05) is 0 Å². The van der Waals surface area contributed by atoms with Crippen molar-refractivity contribution in [3.8, 4) is 0 Å². The van der Waals surface area contributed by atoms with E-state index in [9.17, 15) is 10.1 Å². The molecule has 9 heavy (non-hydrogen) atoms. The molecule has 0 aliphatic heterocycles. The molecular weight excluding hydrogens is 122 g/mol. The van der Waals surface area contributed by atoms with Crippen LogP contribution >= 0.6 is 0 Å². The number of nitrogens with zero attached hydrogens (tertiary/aromatic N) is 1. The van der Waals surface area contributed by atoms with Crippen LogP contribution in [0.1, 0.15) is 20.3 Å². The normalized spacial score (nSPS) is 16.8. The van der Waals surface area contributed by atoms with E-state index in [1.54, 1.807) is 6.92 Å². The molecule has 0 aromatic rings. The Morgan fingerprint density at radius 1 is 1.78 bits per heavy atom. The van der Waals surface area contributed by atoms with Gasteiger partial charge in [0.05, 0.1) is 0 Å². The molecule has 0 rings (SSSR count). The first-order valence-corrected chi connectivity index (χ1v) is 2.91. The fraction of sp³-hybridized carbons (Fsp3) is 1.00. The number of rotatable bonds is 3. The van der Waals surface area contributed by atoms with Gasteiger partial charge in [-0.1, -0.05) is 6.92 Å². The van der Waals surface area contributed by atoms with E-state index in [1.165, 1.54) is 6.92 Å². The van der Waals surface area contributed by atoms with Crippen molar-refractivity contribution in [1.82, 2.24) is 0 Å². The molecule has 2 atom stereocenters. The zero-order valence-corrected chi connectivity index (χ0v) is 5.57. The Morgan fingerprint density at radius 3 is 2.33 bits per heavy atom. The minimum Gasteiger partial charge on any atom is -0.386 e. The summed E-state index contributed by atoms with van der Waals surface area (Å²) in [6.07, 6.45) is -0.373. The monoisotopic (exact) mass is 133 g/mol. The molecule has 0 fully saturated rings. The molecule has 54 valence electrons. The van der Waals surface area contributed by atoms with Gasteiger partial charge in [0.1, 0.15) is 6.10 Å². The Bertz CT molecular complexity index is 104. The van der Waals surface area contributed by atoms with Gasteiger partial charge >= 0.3 is 0 Å². The lowest BCUT2D eigenvalue weighted by Crippen LogP contribution is -2.29. The average molecular weight is 133 g/mol. The summed E-state index contributed by atoms with van der Waals surface area (Å²) >= 11 is 0. The fourth-order valence-corrected chi connectivity index (χ4v) is 0.482. The maximum atomic E-state index is 9.95. The first-order chi connectivity index (χ1) is 4.09. The van der Waals surface area contributed by atoms with Crippen LogP contribution in [0.25, 0.3) is 0 Å². The van der Waals surface area contributed by atoms with Crippen LogP contribution < -0.4 is 0 Å². The summed E-state index contributed by atoms with van der Waals surface area (Å²) in [5, 5.41) is 18.8. The van der Waals surface area contributed by atoms with Gasteiger partial charge in [-0.25, -0.2) is 0 Å². The highest BCUT2D eigenvalue weighted by molar-refractivity contribution is 4.58. The van der Waals surface area contributed by atoms with Crippen molar-refractivity contribution in [3.63, 3.8) is 0 Å². The van der Waals surface area contributed by atoms with Gasteiger partial charge in [-0.3, -0.25) is 10.1 Å². The van der Waals surface area contributed by atoms with Crippen molar-refractivity contribution in [2.24, 2.45) is 0 Å². The van der Waals surface area contributed by atoms with Crippen LogP contribution in [-0.4, -0.2) is 22.2 Å². The van der Waals surface area contributed by atoms with Gasteiger partial charge in [0.25, 0.3) is 0 Å². The Labute approximate surface area is 53.6 Å². The van der Waals surface area contributed by atoms with Crippen molar-refractivity contribution >= 4 is 0 Å². The summed E-state index contributed by atoms with van der Waals surface area (Å²) in [6, 6.07) is -0.838. The second kappa shape index (κ2) is 3.40. The van der Waals surface area contributed by atoms with Gasteiger partial charge in [0.15, 0.2) is 0 Å². The topological polar surface area (TPSA) is 63.4 Å². The summed E-state index contributed by atoms with van der Waals surface area (Å²) < 4.78 is 0. The van der Waals surface area contributed by atoms with Crippen LogP contribution in [0.15, 0.2) is 0 Å². The molecule has 0 radical (unpaired) electrons. The van der Waals surface area contributed by atoms with Crippen LogP contribution in [0.4, 0.5) is 0 Å². The maximum Gasteiger partial charge on any atom is 0.235 e. The molecule has 0 heterocycles. The lowest BCUT2D eigenvalue weighted by molar-refractivity contribution is -0.529. The Morgan fingerprint density at radius 2 is 2.22 bits per heavy atom. The summed E-state index contributed by atoms with van der Waals surface area (Å²) in [6.45, 7) is 3.11. The number of hydrogen-bond acceptors (Lipinski definition) is 3. The summed E-state index contributed by atoms with van der Waals surface area (Å²) in [7, 11) is 0. The van der Waals surface area contributed by atoms with Crippen molar-refractivity contribution in [1.29, 1.82) is 0 Å². The minimum atomic E-state index is -0.838. The molecular formula is C5H11NO3. The van der Waals surface area contributed by atoms with Gasteiger partial charge in [-0.2, -0.15) is 0 Å². The van der Waals surface area contributed by atoms with Crippen LogP contribution in [0.2, 0.25) is 0 Å². The molecule has 4 heteroatoms. The third-order valence-electron chi connectivity index (χ3n) is 1.31. The molecule has 0 saturated heterocycles. The van der Waals surface area contributed by atoms with Gasteiger partial charge in [0.2, 0.25) is 6.04 Å². The third-order valence-corrected chi connectivity index (χ3v) is 1.31. The molecule has 0 spiro atoms. The Kier molecular flexibility index (Phi) is 3.16. The maximum absolute atomic E-state index is 9.95. The highest BCUT2D eigenvalue weighted by atomic mass is 16.6. The third kappa shape index (κ3) is 2.41. The van der Waals surface area contributed by atoms with E-state index in [4.69, 9.17) is 5.11 Å². The number of hydrogen-bond donors (Lipinski definition) is 1. The predicted octanol–water partition coefficient (Wildman–Crippen LogP) is 0.422. The van der Waals surface area contributed by atoms with Crippen LogP contribution in [0.3, 0.4) is 0 Å². The minimum absolute atomic E-state index is 0.433. The quantitative estimate of drug-likeness (QED) is 0.448. The summed E-state index contributed by atoms with van der Waals surface area (Å²) in [5.41, 5.74) is 0. The average Bonchev–Trinajstić information content (AvgIpc) is 1.84. The molecule has 0 aromatic carbocycles. The van der Waals surface area contributed by atoms with Gasteiger partial charge in [-0.05, 0) is 6.42 Å². The van der Waals surface area contributed by atoms with Gasteiger partial charge < -0.3 is 5.11 Å². The zero-order valence-electron chi connectivity index (χ0n) is 5.57. The lowest BCUT2D eigenvalue weighted by atomic mass is 10.1. The molecule has 0 unspecified atom stereocenters. The number of aliphatic hydroxyl groups is 1. The van der Waals surface area contributed by atoms with E-state index in [-0.39, 0.29) is 0 Å². The Balaban J connectivity index is 3.72. The zero-order chi connectivity index (χ0) is 7.44. The number of nitro groups is 1. The molecule has 0 aliphatic rings. The molecule has 0 amide bonds.